The van der Waals surface area contributed by atoms with E-state index in [1.54, 1.807) is 13.8 Å². The van der Waals surface area contributed by atoms with E-state index in [4.69, 9.17) is 4.74 Å². The average molecular weight is 493 g/mol. The quantitative estimate of drug-likeness (QED) is 0.493. The molecule has 0 fully saturated rings. The molecule has 0 radical (unpaired) electrons. The van der Waals surface area contributed by atoms with E-state index >= 15 is 0 Å². The summed E-state index contributed by atoms with van der Waals surface area (Å²) in [6.07, 6.45) is -6.90. The van der Waals surface area contributed by atoms with E-state index < -0.39 is 60.0 Å². The lowest BCUT2D eigenvalue weighted by Crippen LogP contribution is -2.45. The van der Waals surface area contributed by atoms with Crippen LogP contribution in [0.3, 0.4) is 0 Å². The van der Waals surface area contributed by atoms with Crippen molar-refractivity contribution in [2.75, 3.05) is 6.54 Å². The third-order valence-corrected chi connectivity index (χ3v) is 5.00. The first kappa shape index (κ1) is 25.3. The predicted molar refractivity (Wildman–Crippen MR) is 104 cm³/mol. The molecule has 2 aromatic rings. The van der Waals surface area contributed by atoms with Crippen molar-refractivity contribution in [1.29, 1.82) is 0 Å². The monoisotopic (exact) mass is 493 g/mol. The van der Waals surface area contributed by atoms with E-state index in [0.717, 1.165) is 4.57 Å². The number of nitrogens with one attached hydrogen (secondary N) is 1. The Bertz CT molecular complexity index is 1070. The molecule has 2 heterocycles. The smallest absolute Gasteiger partial charge is 0.447 e. The van der Waals surface area contributed by atoms with Crippen molar-refractivity contribution in [1.82, 2.24) is 25.0 Å². The number of rotatable bonds is 6. The number of fused-ring (bicyclic) bond motifs is 1. The fraction of sp³-hybridized carbons (Fsp3) is 0.500. The minimum atomic E-state index is -4.70. The van der Waals surface area contributed by atoms with Gasteiger partial charge in [0.2, 0.25) is 11.7 Å². The normalized spacial score (nSPS) is 14.7. The van der Waals surface area contributed by atoms with Crippen molar-refractivity contribution in [2.24, 2.45) is 0 Å². The number of amides is 2. The number of carbonyl (C=O) groups excluding carboxylic acids is 2. The summed E-state index contributed by atoms with van der Waals surface area (Å²) in [4.78, 5) is 26.1. The average Bonchev–Trinajstić information content (AvgIpc) is 3.15. The Morgan fingerprint density at radius 2 is 1.76 bits per heavy atom. The Balaban J connectivity index is 1.75. The van der Waals surface area contributed by atoms with Gasteiger partial charge in [-0.1, -0.05) is 0 Å². The predicted octanol–water partition coefficient (Wildman–Crippen LogP) is 3.19. The third kappa shape index (κ3) is 5.97. The highest BCUT2D eigenvalue weighted by atomic mass is 19.4. The van der Waals surface area contributed by atoms with Crippen LogP contribution in [0.1, 0.15) is 37.5 Å². The van der Waals surface area contributed by atoms with Gasteiger partial charge in [-0.2, -0.15) is 13.2 Å². The SMILES string of the molecule is CC(C)OC(=O)N[C@@H](CC(=O)N1CCn2c(nnc2C(F)(F)F)C1)Cc1cc(F)c(F)cc1F. The van der Waals surface area contributed by atoms with E-state index in [-0.39, 0.29) is 37.4 Å². The summed E-state index contributed by atoms with van der Waals surface area (Å²) in [6, 6.07) is -0.102. The fourth-order valence-electron chi connectivity index (χ4n) is 3.49. The van der Waals surface area contributed by atoms with Crippen LogP contribution in [0, 0.1) is 17.5 Å². The second-order valence-corrected chi connectivity index (χ2v) is 7.97. The number of halogens is 6. The molecular weight excluding hydrogens is 472 g/mol. The van der Waals surface area contributed by atoms with Gasteiger partial charge in [0.1, 0.15) is 5.82 Å². The number of hydrogen-bond donors (Lipinski definition) is 1. The van der Waals surface area contributed by atoms with E-state index in [1.807, 2.05) is 0 Å². The number of carbonyl (C=O) groups is 2. The molecule has 0 bridgehead atoms. The van der Waals surface area contributed by atoms with E-state index in [0.29, 0.717) is 12.1 Å². The number of alkyl halides is 3. The second kappa shape index (κ2) is 9.89. The molecule has 2 amide bonds. The van der Waals surface area contributed by atoms with E-state index in [9.17, 15) is 35.9 Å². The zero-order valence-electron chi connectivity index (χ0n) is 18.1. The van der Waals surface area contributed by atoms with Crippen LogP contribution in [-0.2, 0) is 35.2 Å². The second-order valence-electron chi connectivity index (χ2n) is 7.97. The zero-order valence-corrected chi connectivity index (χ0v) is 18.1. The maximum Gasteiger partial charge on any atom is 0.451 e. The molecule has 1 atom stereocenters. The fourth-order valence-corrected chi connectivity index (χ4v) is 3.49. The van der Waals surface area contributed by atoms with Crippen LogP contribution in [0.25, 0.3) is 0 Å². The number of alkyl carbamates (subject to hydrolysis) is 1. The van der Waals surface area contributed by atoms with Gasteiger partial charge in [0.15, 0.2) is 17.5 Å². The molecule has 1 aromatic heterocycles. The molecule has 0 aliphatic carbocycles. The largest absolute Gasteiger partial charge is 0.451 e. The lowest BCUT2D eigenvalue weighted by atomic mass is 10.0. The number of hydrogen-bond acceptors (Lipinski definition) is 5. The lowest BCUT2D eigenvalue weighted by molar-refractivity contribution is -0.148. The van der Waals surface area contributed by atoms with Crippen molar-refractivity contribution in [3.8, 4) is 0 Å². The first-order valence-electron chi connectivity index (χ1n) is 10.2. The minimum absolute atomic E-state index is 0.0673. The molecule has 0 spiro atoms. The lowest BCUT2D eigenvalue weighted by Gasteiger charge is -2.29. The molecule has 186 valence electrons. The van der Waals surface area contributed by atoms with Gasteiger partial charge in [0.25, 0.3) is 0 Å². The van der Waals surface area contributed by atoms with Gasteiger partial charge in [0, 0.05) is 31.6 Å². The van der Waals surface area contributed by atoms with E-state index in [1.165, 1.54) is 4.90 Å². The zero-order chi connectivity index (χ0) is 25.2. The molecule has 1 aromatic carbocycles. The van der Waals surface area contributed by atoms with Crippen molar-refractivity contribution in [3.05, 3.63) is 46.8 Å². The number of ether oxygens (including phenoxy) is 1. The Labute approximate surface area is 189 Å². The summed E-state index contributed by atoms with van der Waals surface area (Å²) in [5.41, 5.74) is -0.283. The standard InChI is InChI=1S/C20H21F6N5O3/c1-10(2)34-19(33)27-12(5-11-6-14(22)15(23)8-13(11)21)7-17(32)30-3-4-31-16(9-30)28-29-18(31)20(24,25)26/h6,8,10,12H,3-5,7,9H2,1-2H3,(H,27,33)/t12-/m1/s1. The topological polar surface area (TPSA) is 89.4 Å². The molecule has 1 aliphatic heterocycles. The maximum atomic E-state index is 14.1. The highest BCUT2D eigenvalue weighted by Gasteiger charge is 2.40. The Morgan fingerprint density at radius 1 is 1.09 bits per heavy atom. The van der Waals surface area contributed by atoms with Gasteiger partial charge in [-0.15, -0.1) is 10.2 Å². The Hall–Kier alpha value is -3.32. The summed E-state index contributed by atoms with van der Waals surface area (Å²) in [6.45, 7) is 2.61. The molecule has 14 heteroatoms. The number of benzene rings is 1. The van der Waals surface area contributed by atoms with Crippen LogP contribution in [0.5, 0.6) is 0 Å². The van der Waals surface area contributed by atoms with Crippen LogP contribution in [-0.4, -0.2) is 50.4 Å². The molecule has 3 rings (SSSR count). The maximum absolute atomic E-state index is 14.1. The highest BCUT2D eigenvalue weighted by molar-refractivity contribution is 5.78. The van der Waals surface area contributed by atoms with Gasteiger partial charge >= 0.3 is 12.3 Å². The molecule has 8 nitrogen and oxygen atoms in total. The van der Waals surface area contributed by atoms with Crippen molar-refractivity contribution >= 4 is 12.0 Å². The van der Waals surface area contributed by atoms with E-state index in [2.05, 4.69) is 15.5 Å². The highest BCUT2D eigenvalue weighted by Crippen LogP contribution is 2.29. The molecule has 0 saturated carbocycles. The third-order valence-electron chi connectivity index (χ3n) is 5.00. The summed E-state index contributed by atoms with van der Waals surface area (Å²) in [7, 11) is 0. The van der Waals surface area contributed by atoms with Crippen LogP contribution in [0.2, 0.25) is 0 Å². The van der Waals surface area contributed by atoms with Gasteiger partial charge < -0.3 is 19.5 Å². The van der Waals surface area contributed by atoms with Gasteiger partial charge in [-0.05, 0) is 31.9 Å². The van der Waals surface area contributed by atoms with Crippen LogP contribution in [0.15, 0.2) is 12.1 Å². The van der Waals surface area contributed by atoms with Crippen molar-refractivity contribution in [3.63, 3.8) is 0 Å². The van der Waals surface area contributed by atoms with Crippen LogP contribution < -0.4 is 5.32 Å². The van der Waals surface area contributed by atoms with Crippen molar-refractivity contribution in [2.45, 2.75) is 58.1 Å². The Morgan fingerprint density at radius 3 is 2.41 bits per heavy atom. The van der Waals surface area contributed by atoms with Crippen molar-refractivity contribution < 1.29 is 40.7 Å². The molecule has 1 N–H and O–H groups in total. The number of nitrogens with zero attached hydrogens (tertiary/aromatic N) is 4. The first-order valence-corrected chi connectivity index (χ1v) is 10.2. The molecule has 0 saturated heterocycles. The first-order chi connectivity index (χ1) is 15.8. The molecule has 34 heavy (non-hydrogen) atoms. The summed E-state index contributed by atoms with van der Waals surface area (Å²) in [5, 5.41) is 9.03. The molecular formula is C20H21F6N5O3. The summed E-state index contributed by atoms with van der Waals surface area (Å²) < 4.78 is 85.8. The van der Waals surface area contributed by atoms with Crippen LogP contribution in [0.4, 0.5) is 31.1 Å². The van der Waals surface area contributed by atoms with Gasteiger partial charge in [0.05, 0.1) is 12.6 Å². The van der Waals surface area contributed by atoms with Gasteiger partial charge in [-0.25, -0.2) is 18.0 Å². The summed E-state index contributed by atoms with van der Waals surface area (Å²) in [5.74, 6) is -5.58. The van der Waals surface area contributed by atoms with Crippen LogP contribution >= 0.6 is 0 Å². The molecule has 1 aliphatic rings. The molecule has 0 unspecified atom stereocenters. The summed E-state index contributed by atoms with van der Waals surface area (Å²) >= 11 is 0. The Kier molecular flexibility index (Phi) is 7.36. The van der Waals surface area contributed by atoms with Gasteiger partial charge in [-0.3, -0.25) is 4.79 Å². The minimum Gasteiger partial charge on any atom is -0.447 e. The number of aromatic nitrogens is 3.